The van der Waals surface area contributed by atoms with Crippen molar-refractivity contribution in [3.63, 3.8) is 0 Å². The third kappa shape index (κ3) is 5.29. The minimum Gasteiger partial charge on any atom is -0.378 e. The van der Waals surface area contributed by atoms with Crippen LogP contribution in [-0.2, 0) is 11.8 Å². The highest BCUT2D eigenvalue weighted by molar-refractivity contribution is 5.94. The number of nitro benzene ring substituents is 1. The van der Waals surface area contributed by atoms with Crippen LogP contribution in [0.25, 0.3) is 6.08 Å². The van der Waals surface area contributed by atoms with Crippen LogP contribution >= 0.6 is 0 Å². The highest BCUT2D eigenvalue weighted by atomic mass is 16.6. The lowest BCUT2D eigenvalue weighted by Gasteiger charge is -2.31. The lowest BCUT2D eigenvalue weighted by atomic mass is 10.1. The molecule has 2 aromatic rings. The van der Waals surface area contributed by atoms with E-state index in [4.69, 9.17) is 4.74 Å². The number of nitro groups is 1. The second-order valence-corrected chi connectivity index (χ2v) is 8.06. The fourth-order valence-corrected chi connectivity index (χ4v) is 4.03. The molecule has 1 N–H and O–H groups in total. The molecule has 0 bridgehead atoms. The summed E-state index contributed by atoms with van der Waals surface area (Å²) in [5.74, 6) is -0.403. The predicted molar refractivity (Wildman–Crippen MR) is 127 cm³/mol. The van der Waals surface area contributed by atoms with Gasteiger partial charge in [-0.1, -0.05) is 0 Å². The van der Waals surface area contributed by atoms with Crippen molar-refractivity contribution in [2.45, 2.75) is 12.8 Å². The number of rotatable bonds is 6. The summed E-state index contributed by atoms with van der Waals surface area (Å²) >= 11 is 0. The summed E-state index contributed by atoms with van der Waals surface area (Å²) in [4.78, 5) is 36.7. The third-order valence-electron chi connectivity index (χ3n) is 5.78. The molecule has 0 spiro atoms. The molecule has 1 aliphatic heterocycles. The lowest BCUT2D eigenvalue weighted by Crippen LogP contribution is -2.36. The van der Waals surface area contributed by atoms with Gasteiger partial charge in [-0.05, 0) is 53.8 Å². The van der Waals surface area contributed by atoms with Gasteiger partial charge in [-0.3, -0.25) is 19.7 Å². The Bertz CT molecular complexity index is 1240. The van der Waals surface area contributed by atoms with Crippen molar-refractivity contribution in [2.75, 3.05) is 26.3 Å². The number of amides is 1. The maximum absolute atomic E-state index is 12.4. The van der Waals surface area contributed by atoms with Gasteiger partial charge in [0.25, 0.3) is 11.6 Å². The largest absolute Gasteiger partial charge is 0.378 e. The number of morpholine rings is 1. The SMILES string of the molecule is Cn1cc(C(=O)N/N=C/C2=C(N3CCOCC3)C(=C/c3ccc([N+](=O)[O-])cc3)/CC2)ccc1=O. The quantitative estimate of drug-likeness (QED) is 0.399. The Morgan fingerprint density at radius 1 is 1.15 bits per heavy atom. The summed E-state index contributed by atoms with van der Waals surface area (Å²) in [5, 5.41) is 15.1. The Balaban J connectivity index is 1.57. The summed E-state index contributed by atoms with van der Waals surface area (Å²) in [6.45, 7) is 2.74. The van der Waals surface area contributed by atoms with Crippen LogP contribution in [0.3, 0.4) is 0 Å². The zero-order chi connectivity index (χ0) is 24.1. The van der Waals surface area contributed by atoms with E-state index >= 15 is 0 Å². The molecule has 176 valence electrons. The van der Waals surface area contributed by atoms with Crippen molar-refractivity contribution < 1.29 is 14.5 Å². The second-order valence-electron chi connectivity index (χ2n) is 8.06. The van der Waals surface area contributed by atoms with E-state index in [2.05, 4.69) is 15.4 Å². The number of aryl methyl sites for hydroxylation is 1. The van der Waals surface area contributed by atoms with Crippen molar-refractivity contribution >= 4 is 23.9 Å². The molecule has 4 rings (SSSR count). The number of ether oxygens (including phenoxy) is 1. The number of allylic oxidation sites excluding steroid dienone is 2. The number of nitrogens with zero attached hydrogens (tertiary/aromatic N) is 4. The van der Waals surface area contributed by atoms with Crippen LogP contribution in [0, 0.1) is 10.1 Å². The number of carbonyl (C=O) groups excluding carboxylic acids is 1. The first-order chi connectivity index (χ1) is 16.4. The van der Waals surface area contributed by atoms with Gasteiger partial charge < -0.3 is 14.2 Å². The van der Waals surface area contributed by atoms with Crippen molar-refractivity contribution in [2.24, 2.45) is 12.1 Å². The van der Waals surface area contributed by atoms with Gasteiger partial charge in [-0.25, -0.2) is 5.43 Å². The molecule has 0 radical (unpaired) electrons. The number of benzene rings is 1. The van der Waals surface area contributed by atoms with Gasteiger partial charge in [0, 0.05) is 50.2 Å². The number of non-ortho nitro benzene ring substituents is 1. The average molecular weight is 463 g/mol. The standard InChI is InChI=1S/C24H25N5O5/c1-27-16-20(6-9-22(27)30)24(31)26-25-15-19-5-4-18(23(19)28-10-12-34-13-11-28)14-17-2-7-21(8-3-17)29(32)33/h2-3,6-9,14-16H,4-5,10-13H2,1H3,(H,26,31)/b18-14+,25-15+. The van der Waals surface area contributed by atoms with E-state index in [1.807, 2.05) is 6.08 Å². The highest BCUT2D eigenvalue weighted by Crippen LogP contribution is 2.35. The Kier molecular flexibility index (Phi) is 6.98. The number of pyridine rings is 1. The summed E-state index contributed by atoms with van der Waals surface area (Å²) < 4.78 is 6.84. The maximum Gasteiger partial charge on any atom is 0.272 e. The molecule has 0 saturated carbocycles. The van der Waals surface area contributed by atoms with E-state index in [-0.39, 0.29) is 11.2 Å². The fraction of sp³-hybridized carbons (Fsp3) is 0.292. The monoisotopic (exact) mass is 463 g/mol. The van der Waals surface area contributed by atoms with Crippen LogP contribution in [0.5, 0.6) is 0 Å². The summed E-state index contributed by atoms with van der Waals surface area (Å²) in [6.07, 6.45) is 6.72. The molecule has 1 aromatic carbocycles. The van der Waals surface area contributed by atoms with E-state index in [0.29, 0.717) is 18.8 Å². The van der Waals surface area contributed by atoms with Gasteiger partial charge in [0.15, 0.2) is 0 Å². The van der Waals surface area contributed by atoms with Crippen molar-refractivity contribution in [3.05, 3.63) is 91.0 Å². The van der Waals surface area contributed by atoms with Gasteiger partial charge in [0.05, 0.1) is 29.9 Å². The molecular weight excluding hydrogens is 438 g/mol. The van der Waals surface area contributed by atoms with Crippen molar-refractivity contribution in [1.29, 1.82) is 0 Å². The number of nitrogens with one attached hydrogen (secondary N) is 1. The fourth-order valence-electron chi connectivity index (χ4n) is 4.03. The minimum absolute atomic E-state index is 0.0552. The van der Waals surface area contributed by atoms with Crippen molar-refractivity contribution in [1.82, 2.24) is 14.9 Å². The van der Waals surface area contributed by atoms with Gasteiger partial charge in [-0.2, -0.15) is 5.10 Å². The highest BCUT2D eigenvalue weighted by Gasteiger charge is 2.25. The van der Waals surface area contributed by atoms with Crippen LogP contribution in [0.1, 0.15) is 28.8 Å². The van der Waals surface area contributed by atoms with Gasteiger partial charge in [-0.15, -0.1) is 0 Å². The van der Waals surface area contributed by atoms with E-state index in [9.17, 15) is 19.7 Å². The molecule has 1 aromatic heterocycles. The molecular formula is C24H25N5O5. The van der Waals surface area contributed by atoms with E-state index in [1.165, 1.54) is 35.0 Å². The predicted octanol–water partition coefficient (Wildman–Crippen LogP) is 2.47. The second kappa shape index (κ2) is 10.3. The lowest BCUT2D eigenvalue weighted by molar-refractivity contribution is -0.384. The first-order valence-corrected chi connectivity index (χ1v) is 10.9. The van der Waals surface area contributed by atoms with Gasteiger partial charge >= 0.3 is 0 Å². The molecule has 2 aliphatic rings. The molecule has 1 aliphatic carbocycles. The van der Waals surface area contributed by atoms with E-state index in [0.717, 1.165) is 48.3 Å². The van der Waals surface area contributed by atoms with Crippen LogP contribution in [0.4, 0.5) is 5.69 Å². The van der Waals surface area contributed by atoms with E-state index < -0.39 is 10.8 Å². The summed E-state index contributed by atoms with van der Waals surface area (Å²) in [7, 11) is 1.58. The zero-order valence-corrected chi connectivity index (χ0v) is 18.8. The summed E-state index contributed by atoms with van der Waals surface area (Å²) in [5.41, 5.74) is 6.78. The topological polar surface area (TPSA) is 119 Å². The minimum atomic E-state index is -0.413. The first-order valence-electron chi connectivity index (χ1n) is 10.9. The van der Waals surface area contributed by atoms with Gasteiger partial charge in [0.1, 0.15) is 0 Å². The smallest absolute Gasteiger partial charge is 0.272 e. The van der Waals surface area contributed by atoms with E-state index in [1.54, 1.807) is 25.4 Å². The molecule has 10 nitrogen and oxygen atoms in total. The Morgan fingerprint density at radius 2 is 1.88 bits per heavy atom. The number of aromatic nitrogens is 1. The molecule has 1 fully saturated rings. The molecule has 1 amide bonds. The maximum atomic E-state index is 12.4. The molecule has 0 unspecified atom stereocenters. The molecule has 1 saturated heterocycles. The number of hydrogen-bond acceptors (Lipinski definition) is 7. The third-order valence-corrected chi connectivity index (χ3v) is 5.78. The number of hydrazone groups is 1. The number of hydrogen-bond donors (Lipinski definition) is 1. The normalized spacial score (nSPS) is 17.6. The van der Waals surface area contributed by atoms with Crippen LogP contribution < -0.4 is 11.0 Å². The zero-order valence-electron chi connectivity index (χ0n) is 18.8. The summed E-state index contributed by atoms with van der Waals surface area (Å²) in [6, 6.07) is 9.27. The van der Waals surface area contributed by atoms with Crippen LogP contribution in [0.2, 0.25) is 0 Å². The molecule has 10 heteroatoms. The first kappa shape index (κ1) is 23.1. The van der Waals surface area contributed by atoms with Gasteiger partial charge in [0.2, 0.25) is 5.56 Å². The molecule has 0 atom stereocenters. The Morgan fingerprint density at radius 3 is 2.56 bits per heavy atom. The molecule has 34 heavy (non-hydrogen) atoms. The Hall–Kier alpha value is -4.05. The number of carbonyl (C=O) groups is 1. The van der Waals surface area contributed by atoms with Crippen LogP contribution in [0.15, 0.2) is 69.3 Å². The Labute approximate surface area is 196 Å². The molecule has 2 heterocycles. The van der Waals surface area contributed by atoms with Crippen molar-refractivity contribution in [3.8, 4) is 0 Å². The average Bonchev–Trinajstić information content (AvgIpc) is 3.23. The van der Waals surface area contributed by atoms with Crippen LogP contribution in [-0.4, -0.2) is 52.8 Å².